The number of hydrogen-bond acceptors (Lipinski definition) is 5. The molecule has 5 heteroatoms. The van der Waals surface area contributed by atoms with E-state index in [1.165, 1.54) is 7.11 Å². The van der Waals surface area contributed by atoms with Crippen molar-refractivity contribution in [1.82, 2.24) is 0 Å². The van der Waals surface area contributed by atoms with Crippen LogP contribution in [-0.2, 0) is 9.53 Å². The Labute approximate surface area is 124 Å². The zero-order valence-electron chi connectivity index (χ0n) is 12.4. The van der Waals surface area contributed by atoms with Gasteiger partial charge in [0.05, 0.1) is 13.0 Å². The standard InChI is InChI=1S/C16H20O5/c1-3-4-5-12(16(18)19-2)8-13(17)11-6-7-14-15(9-11)21-10-20-14/h6-7,9,12H,3-5,8,10H2,1-2H3. The number of esters is 1. The fourth-order valence-corrected chi connectivity index (χ4v) is 2.33. The Morgan fingerprint density at radius 3 is 2.76 bits per heavy atom. The average molecular weight is 292 g/mol. The molecule has 1 aliphatic rings. The molecule has 0 spiro atoms. The summed E-state index contributed by atoms with van der Waals surface area (Å²) >= 11 is 0. The third-order valence-corrected chi connectivity index (χ3v) is 3.57. The monoisotopic (exact) mass is 292 g/mol. The van der Waals surface area contributed by atoms with E-state index < -0.39 is 0 Å². The number of benzene rings is 1. The first-order valence-corrected chi connectivity index (χ1v) is 7.16. The predicted octanol–water partition coefficient (Wildman–Crippen LogP) is 2.97. The minimum Gasteiger partial charge on any atom is -0.469 e. The Bertz CT molecular complexity index is 523. The first kappa shape index (κ1) is 15.4. The molecule has 0 saturated heterocycles. The van der Waals surface area contributed by atoms with Crippen molar-refractivity contribution in [2.24, 2.45) is 5.92 Å². The molecule has 0 radical (unpaired) electrons. The molecule has 1 atom stereocenters. The normalized spacial score (nSPS) is 13.8. The summed E-state index contributed by atoms with van der Waals surface area (Å²) in [6.45, 7) is 2.22. The number of hydrogen-bond donors (Lipinski definition) is 0. The van der Waals surface area contributed by atoms with Gasteiger partial charge < -0.3 is 14.2 Å². The van der Waals surface area contributed by atoms with E-state index in [4.69, 9.17) is 14.2 Å². The van der Waals surface area contributed by atoms with Crippen molar-refractivity contribution in [2.45, 2.75) is 32.6 Å². The van der Waals surface area contributed by atoms with Crippen LogP contribution in [0, 0.1) is 5.92 Å². The van der Waals surface area contributed by atoms with Gasteiger partial charge in [-0.3, -0.25) is 9.59 Å². The third kappa shape index (κ3) is 3.74. The van der Waals surface area contributed by atoms with Crippen molar-refractivity contribution in [3.8, 4) is 11.5 Å². The van der Waals surface area contributed by atoms with Crippen molar-refractivity contribution in [2.75, 3.05) is 13.9 Å². The quantitative estimate of drug-likeness (QED) is 0.571. The van der Waals surface area contributed by atoms with Crippen LogP contribution in [0.25, 0.3) is 0 Å². The Kier molecular flexibility index (Phi) is 5.20. The maximum absolute atomic E-state index is 12.3. The summed E-state index contributed by atoms with van der Waals surface area (Å²) in [6.07, 6.45) is 2.70. The highest BCUT2D eigenvalue weighted by atomic mass is 16.7. The van der Waals surface area contributed by atoms with Gasteiger partial charge in [0.2, 0.25) is 6.79 Å². The summed E-state index contributed by atoms with van der Waals surface area (Å²) in [4.78, 5) is 24.1. The highest BCUT2D eigenvalue weighted by molar-refractivity contribution is 5.98. The number of ketones is 1. The van der Waals surface area contributed by atoms with Crippen LogP contribution in [0.4, 0.5) is 0 Å². The second kappa shape index (κ2) is 7.11. The van der Waals surface area contributed by atoms with Gasteiger partial charge in [0.15, 0.2) is 17.3 Å². The van der Waals surface area contributed by atoms with E-state index in [9.17, 15) is 9.59 Å². The maximum Gasteiger partial charge on any atom is 0.309 e. The van der Waals surface area contributed by atoms with E-state index in [2.05, 4.69) is 0 Å². The van der Waals surface area contributed by atoms with Crippen LogP contribution in [0.5, 0.6) is 11.5 Å². The largest absolute Gasteiger partial charge is 0.469 e. The SMILES string of the molecule is CCCCC(CC(=O)c1ccc2c(c1)OCO2)C(=O)OC. The van der Waals surface area contributed by atoms with E-state index in [-0.39, 0.29) is 30.9 Å². The molecule has 0 amide bonds. The number of rotatable bonds is 7. The lowest BCUT2D eigenvalue weighted by Crippen LogP contribution is -2.20. The lowest BCUT2D eigenvalue weighted by atomic mass is 9.93. The van der Waals surface area contributed by atoms with Crippen molar-refractivity contribution in [3.63, 3.8) is 0 Å². The molecular weight excluding hydrogens is 272 g/mol. The summed E-state index contributed by atoms with van der Waals surface area (Å²) in [6, 6.07) is 5.08. The summed E-state index contributed by atoms with van der Waals surface area (Å²) in [5, 5.41) is 0. The van der Waals surface area contributed by atoms with E-state index >= 15 is 0 Å². The molecule has 0 bridgehead atoms. The molecule has 0 N–H and O–H groups in total. The van der Waals surface area contributed by atoms with Gasteiger partial charge in [-0.25, -0.2) is 0 Å². The number of carbonyl (C=O) groups is 2. The van der Waals surface area contributed by atoms with Crippen molar-refractivity contribution in [3.05, 3.63) is 23.8 Å². The first-order chi connectivity index (χ1) is 10.2. The van der Waals surface area contributed by atoms with Crippen LogP contribution in [-0.4, -0.2) is 25.7 Å². The van der Waals surface area contributed by atoms with E-state index in [0.29, 0.717) is 23.5 Å². The molecule has 0 fully saturated rings. The zero-order chi connectivity index (χ0) is 15.2. The second-order valence-corrected chi connectivity index (χ2v) is 5.06. The van der Waals surface area contributed by atoms with E-state index in [1.54, 1.807) is 18.2 Å². The Morgan fingerprint density at radius 1 is 1.29 bits per heavy atom. The minimum absolute atomic E-state index is 0.0835. The molecule has 114 valence electrons. The number of Topliss-reactive ketones (excluding diaryl/α,β-unsaturated/α-hetero) is 1. The van der Waals surface area contributed by atoms with Gasteiger partial charge in [-0.1, -0.05) is 19.8 Å². The Morgan fingerprint density at radius 2 is 2.05 bits per heavy atom. The van der Waals surface area contributed by atoms with Crippen LogP contribution in [0.3, 0.4) is 0 Å². The molecule has 1 aromatic rings. The minimum atomic E-state index is -0.382. The molecular formula is C16H20O5. The number of carbonyl (C=O) groups excluding carboxylic acids is 2. The summed E-state index contributed by atoms with van der Waals surface area (Å²) in [5.74, 6) is 0.427. The summed E-state index contributed by atoms with van der Waals surface area (Å²) < 4.78 is 15.3. The average Bonchev–Trinajstić information content (AvgIpc) is 2.97. The first-order valence-electron chi connectivity index (χ1n) is 7.16. The highest BCUT2D eigenvalue weighted by Crippen LogP contribution is 2.33. The molecule has 1 heterocycles. The number of ether oxygens (including phenoxy) is 3. The molecule has 21 heavy (non-hydrogen) atoms. The van der Waals surface area contributed by atoms with Crippen molar-refractivity contribution < 1.29 is 23.8 Å². The fourth-order valence-electron chi connectivity index (χ4n) is 2.33. The van der Waals surface area contributed by atoms with Gasteiger partial charge in [0.25, 0.3) is 0 Å². The van der Waals surface area contributed by atoms with Crippen LogP contribution in [0.2, 0.25) is 0 Å². The van der Waals surface area contributed by atoms with Gasteiger partial charge in [0.1, 0.15) is 0 Å². The zero-order valence-corrected chi connectivity index (χ0v) is 12.4. The predicted molar refractivity (Wildman–Crippen MR) is 76.5 cm³/mol. The van der Waals surface area contributed by atoms with Crippen LogP contribution < -0.4 is 9.47 Å². The van der Waals surface area contributed by atoms with Crippen LogP contribution in [0.15, 0.2) is 18.2 Å². The Balaban J connectivity index is 2.05. The van der Waals surface area contributed by atoms with Crippen LogP contribution >= 0.6 is 0 Å². The maximum atomic E-state index is 12.3. The van der Waals surface area contributed by atoms with Crippen molar-refractivity contribution in [1.29, 1.82) is 0 Å². The summed E-state index contributed by atoms with van der Waals surface area (Å²) in [7, 11) is 1.35. The number of unbranched alkanes of at least 4 members (excludes halogenated alkanes) is 1. The fraction of sp³-hybridized carbons (Fsp3) is 0.500. The van der Waals surface area contributed by atoms with Gasteiger partial charge in [-0.2, -0.15) is 0 Å². The molecule has 2 rings (SSSR count). The lowest BCUT2D eigenvalue weighted by molar-refractivity contribution is -0.145. The van der Waals surface area contributed by atoms with Gasteiger partial charge in [0, 0.05) is 12.0 Å². The Hall–Kier alpha value is -2.04. The van der Waals surface area contributed by atoms with Gasteiger partial charge in [-0.05, 0) is 24.6 Å². The van der Waals surface area contributed by atoms with Gasteiger partial charge >= 0.3 is 5.97 Å². The third-order valence-electron chi connectivity index (χ3n) is 3.57. The number of methoxy groups -OCH3 is 1. The van der Waals surface area contributed by atoms with E-state index in [1.807, 2.05) is 6.92 Å². The topological polar surface area (TPSA) is 61.8 Å². The van der Waals surface area contributed by atoms with E-state index in [0.717, 1.165) is 12.8 Å². The molecule has 0 aliphatic carbocycles. The number of fused-ring (bicyclic) bond motifs is 1. The molecule has 1 aliphatic heterocycles. The molecule has 0 saturated carbocycles. The molecule has 1 aromatic carbocycles. The molecule has 5 nitrogen and oxygen atoms in total. The second-order valence-electron chi connectivity index (χ2n) is 5.06. The van der Waals surface area contributed by atoms with Gasteiger partial charge in [-0.15, -0.1) is 0 Å². The molecule has 1 unspecified atom stereocenters. The summed E-state index contributed by atoms with van der Waals surface area (Å²) in [5.41, 5.74) is 0.532. The smallest absolute Gasteiger partial charge is 0.309 e. The molecule has 0 aromatic heterocycles. The highest BCUT2D eigenvalue weighted by Gasteiger charge is 2.24. The lowest BCUT2D eigenvalue weighted by Gasteiger charge is -2.13. The van der Waals surface area contributed by atoms with Crippen LogP contribution in [0.1, 0.15) is 43.0 Å². The van der Waals surface area contributed by atoms with Crippen molar-refractivity contribution >= 4 is 11.8 Å².